The maximum Gasteiger partial charge on any atom is 0.326 e. The summed E-state index contributed by atoms with van der Waals surface area (Å²) in [6.45, 7) is 5.13. The van der Waals surface area contributed by atoms with Gasteiger partial charge >= 0.3 is 23.9 Å². The molecule has 98 heavy (non-hydrogen) atoms. The van der Waals surface area contributed by atoms with Crippen molar-refractivity contribution < 1.29 is 122 Å². The van der Waals surface area contributed by atoms with Gasteiger partial charge in [-0.15, -0.1) is 0 Å². The molecule has 6 amide bonds. The highest BCUT2D eigenvalue weighted by molar-refractivity contribution is 5.87. The summed E-state index contributed by atoms with van der Waals surface area (Å²) in [5.74, 6) is -9.85. The van der Waals surface area contributed by atoms with Gasteiger partial charge in [0.25, 0.3) is 0 Å². The summed E-state index contributed by atoms with van der Waals surface area (Å²) in [6, 6.07) is -1.38. The highest BCUT2D eigenvalue weighted by Crippen LogP contribution is 2.18. The number of carboxylic acid groups (broad SMARTS) is 4. The van der Waals surface area contributed by atoms with Crippen LogP contribution < -0.4 is 31.9 Å². The van der Waals surface area contributed by atoms with Crippen LogP contribution in [0.3, 0.4) is 0 Å². The molecule has 0 aromatic rings. The number of carboxylic acids is 4. The van der Waals surface area contributed by atoms with Crippen molar-refractivity contribution in [1.82, 2.24) is 31.9 Å². The van der Waals surface area contributed by atoms with Crippen molar-refractivity contribution in [2.75, 3.05) is 138 Å². The Labute approximate surface area is 578 Å². The lowest BCUT2D eigenvalue weighted by atomic mass is 9.94. The molecule has 0 bridgehead atoms. The minimum absolute atomic E-state index is 0. The minimum Gasteiger partial charge on any atom is -0.481 e. The summed E-state index contributed by atoms with van der Waals surface area (Å²) >= 11 is 0. The summed E-state index contributed by atoms with van der Waals surface area (Å²) in [4.78, 5) is 155. The van der Waals surface area contributed by atoms with Gasteiger partial charge in [0, 0.05) is 85.0 Å². The van der Waals surface area contributed by atoms with Gasteiger partial charge in [-0.05, 0) is 51.9 Å². The van der Waals surface area contributed by atoms with Gasteiger partial charge in [0.1, 0.15) is 44.0 Å². The molecule has 10 N–H and O–H groups in total. The topological polar surface area (TPSA) is 449 Å². The number of unbranched alkanes of at least 4 members (excludes halogenated alkanes) is 14. The van der Waals surface area contributed by atoms with Gasteiger partial charge in [-0.1, -0.05) is 90.4 Å². The molecule has 0 fully saturated rings. The first-order chi connectivity index (χ1) is 47.1. The summed E-state index contributed by atoms with van der Waals surface area (Å²) in [5.41, 5.74) is 0. The number of carbonyl (C=O) groups excluding carboxylic acids is 9. The zero-order valence-corrected chi connectivity index (χ0v) is 58.1. The van der Waals surface area contributed by atoms with E-state index in [0.717, 1.165) is 57.8 Å². The number of hydrogen-bond acceptors (Lipinski definition) is 21. The SMILES string of the molecule is CC(=O)[C@@H](C)CCCCNC(=O)CC[C@H](NC(=O)CC[C@H](CC(=O)COCCOCCNC(=O)COCCOCCNC(=O)COCCOCCNC(=O)COCCOCCNC(=O)CC[C@H](CC(=O)CCCCCCCCCCCCCCCCC(=O)O)C(=O)O)C(=O)O)C(=O)O.[HH]. The molecule has 0 aliphatic heterocycles. The Morgan fingerprint density at radius 1 is 0.316 bits per heavy atom. The van der Waals surface area contributed by atoms with Crippen LogP contribution in [0, 0.1) is 17.8 Å². The van der Waals surface area contributed by atoms with Gasteiger partial charge in [-0.3, -0.25) is 57.5 Å². The Hall–Kier alpha value is -6.61. The molecule has 4 atom stereocenters. The first-order valence-electron chi connectivity index (χ1n) is 34.8. The fraction of sp³-hybridized carbons (Fsp3) is 0.806. The van der Waals surface area contributed by atoms with E-state index in [-0.39, 0.29) is 213 Å². The second kappa shape index (κ2) is 63.8. The molecule has 31 heteroatoms. The molecular formula is C67H118N6O25. The zero-order chi connectivity index (χ0) is 72.7. The average Bonchev–Trinajstić information content (AvgIpc) is 1.55. The lowest BCUT2D eigenvalue weighted by Crippen LogP contribution is -2.42. The largest absolute Gasteiger partial charge is 0.481 e. The molecule has 31 nitrogen and oxygen atoms in total. The zero-order valence-electron chi connectivity index (χ0n) is 58.1. The molecule has 566 valence electrons. The number of aliphatic carboxylic acids is 4. The first kappa shape index (κ1) is 91.4. The fourth-order valence-corrected chi connectivity index (χ4v) is 9.41. The van der Waals surface area contributed by atoms with Crippen LogP contribution in [-0.2, 0) is 100 Å². The number of Topliss-reactive ketones (excluding diaryl/α,β-unsaturated/α-hetero) is 3. The van der Waals surface area contributed by atoms with Crippen molar-refractivity contribution in [1.29, 1.82) is 0 Å². The molecule has 0 aliphatic rings. The second-order valence-electron chi connectivity index (χ2n) is 23.9. The molecule has 0 unspecified atom stereocenters. The van der Waals surface area contributed by atoms with Crippen LogP contribution in [0.2, 0.25) is 0 Å². The lowest BCUT2D eigenvalue weighted by molar-refractivity contribution is -0.145. The van der Waals surface area contributed by atoms with Crippen LogP contribution in [0.4, 0.5) is 0 Å². The third-order valence-corrected chi connectivity index (χ3v) is 15.3. The van der Waals surface area contributed by atoms with Crippen LogP contribution in [0.1, 0.15) is 189 Å². The van der Waals surface area contributed by atoms with Gasteiger partial charge in [0.15, 0.2) is 5.78 Å². The highest BCUT2D eigenvalue weighted by atomic mass is 16.5. The van der Waals surface area contributed by atoms with E-state index in [1.807, 2.05) is 6.92 Å². The van der Waals surface area contributed by atoms with E-state index in [9.17, 15) is 77.6 Å². The third kappa shape index (κ3) is 60.6. The summed E-state index contributed by atoms with van der Waals surface area (Å²) in [5, 5.41) is 53.0. The Morgan fingerprint density at radius 2 is 0.653 bits per heavy atom. The maximum atomic E-state index is 12.5. The quantitative estimate of drug-likeness (QED) is 0.0386. The predicted octanol–water partition coefficient (Wildman–Crippen LogP) is 3.90. The molecule has 0 heterocycles. The standard InChI is InChI=1S/C67H116N6O25.H2/c1-51(52(2)74)19-17-18-28-68-59(78)27-24-57(67(89)90)73-60(79)26-23-54(66(87)88)46-56(76)47-95-41-37-92-34-30-70-61(80)49-97-43-39-94-36-32-72-63(82)50-98-44-40-93-35-31-71-62(81)48-96-42-38-91-33-29-69-58(77)25-22-53(65(85)86)45-55(75)20-15-13-11-9-7-5-3-4-6-8-10-12-14-16-21-64(83)84;/h51,53-54,57H,3-50H2,1-2H3,(H,68,78)(H,69,77)(H,70,80)(H,71,81)(H,72,82)(H,73,79)(H,83,84)(H,85,86)(H,87,88)(H,89,90);1H/t51-,53+,54+,57-;/m0./s1. The number of ketones is 3. The van der Waals surface area contributed by atoms with E-state index in [1.165, 1.54) is 45.4 Å². The second-order valence-corrected chi connectivity index (χ2v) is 23.9. The van der Waals surface area contributed by atoms with Gasteiger partial charge in [-0.25, -0.2) is 4.79 Å². The normalized spacial score (nSPS) is 12.3. The Balaban J connectivity index is 0. The molecule has 0 aromatic heterocycles. The number of hydrogen-bond donors (Lipinski definition) is 10. The molecule has 0 saturated carbocycles. The molecule has 0 radical (unpaired) electrons. The van der Waals surface area contributed by atoms with Crippen LogP contribution in [0.25, 0.3) is 0 Å². The smallest absolute Gasteiger partial charge is 0.326 e. The third-order valence-electron chi connectivity index (χ3n) is 15.3. The fourth-order valence-electron chi connectivity index (χ4n) is 9.41. The molecule has 0 aliphatic carbocycles. The van der Waals surface area contributed by atoms with Crippen LogP contribution in [0.5, 0.6) is 0 Å². The summed E-state index contributed by atoms with van der Waals surface area (Å²) < 4.78 is 42.7. The van der Waals surface area contributed by atoms with Crippen LogP contribution in [0.15, 0.2) is 0 Å². The predicted molar refractivity (Wildman–Crippen MR) is 358 cm³/mol. The van der Waals surface area contributed by atoms with Crippen LogP contribution >= 0.6 is 0 Å². The molecule has 0 saturated heterocycles. The highest BCUT2D eigenvalue weighted by Gasteiger charge is 2.26. The van der Waals surface area contributed by atoms with E-state index in [4.69, 9.17) is 43.0 Å². The van der Waals surface area contributed by atoms with Crippen molar-refractivity contribution in [3.05, 3.63) is 0 Å². The number of ether oxygens (including phenoxy) is 8. The van der Waals surface area contributed by atoms with E-state index < -0.39 is 78.3 Å². The molecule has 0 rings (SSSR count). The van der Waals surface area contributed by atoms with Crippen molar-refractivity contribution in [2.45, 2.75) is 193 Å². The van der Waals surface area contributed by atoms with Gasteiger partial charge in [0.2, 0.25) is 35.4 Å². The maximum absolute atomic E-state index is 12.5. The van der Waals surface area contributed by atoms with Crippen molar-refractivity contribution in [2.24, 2.45) is 17.8 Å². The van der Waals surface area contributed by atoms with Gasteiger partial charge in [0.05, 0.1) is 91.1 Å². The average molecular weight is 1410 g/mol. The Kier molecular flexibility index (Phi) is 59.5. The summed E-state index contributed by atoms with van der Waals surface area (Å²) in [7, 11) is 0. The molecule has 0 spiro atoms. The van der Waals surface area contributed by atoms with Crippen LogP contribution in [-0.4, -0.2) is 242 Å². The molecular weight excluding hydrogens is 1290 g/mol. The number of nitrogens with one attached hydrogen (secondary N) is 6. The first-order valence-corrected chi connectivity index (χ1v) is 34.8. The Morgan fingerprint density at radius 3 is 1.04 bits per heavy atom. The van der Waals surface area contributed by atoms with Crippen molar-refractivity contribution in [3.8, 4) is 0 Å². The van der Waals surface area contributed by atoms with Crippen molar-refractivity contribution in [3.63, 3.8) is 0 Å². The number of carbonyl (C=O) groups is 13. The molecule has 0 aromatic carbocycles. The monoisotopic (exact) mass is 1410 g/mol. The minimum atomic E-state index is -1.38. The van der Waals surface area contributed by atoms with Gasteiger partial charge < -0.3 is 90.2 Å². The number of rotatable bonds is 72. The Bertz CT molecular complexity index is 2270. The van der Waals surface area contributed by atoms with E-state index in [2.05, 4.69) is 31.9 Å². The number of amides is 6. The van der Waals surface area contributed by atoms with E-state index in [0.29, 0.717) is 25.8 Å². The van der Waals surface area contributed by atoms with E-state index >= 15 is 0 Å². The van der Waals surface area contributed by atoms with Crippen molar-refractivity contribution >= 4 is 76.7 Å². The lowest BCUT2D eigenvalue weighted by Gasteiger charge is -2.16. The summed E-state index contributed by atoms with van der Waals surface area (Å²) in [6.07, 6.45) is 16.3. The van der Waals surface area contributed by atoms with E-state index in [1.54, 1.807) is 0 Å². The van der Waals surface area contributed by atoms with Gasteiger partial charge in [-0.2, -0.15) is 0 Å².